The topological polar surface area (TPSA) is 196 Å². The summed E-state index contributed by atoms with van der Waals surface area (Å²) in [5.74, 6) is 0.686. The minimum Gasteiger partial charge on any atom is -0.468 e. The van der Waals surface area contributed by atoms with E-state index in [4.69, 9.17) is 14.5 Å². The first-order valence-corrected chi connectivity index (χ1v) is 26.7. The maximum Gasteiger partial charge on any atom is 0.293 e. The van der Waals surface area contributed by atoms with Gasteiger partial charge in [-0.25, -0.2) is 13.1 Å². The number of carbonyl (C=O) groups is 1. The molecule has 3 saturated heterocycles. The number of piperidine rings is 2. The van der Waals surface area contributed by atoms with Gasteiger partial charge in [0.2, 0.25) is 5.88 Å². The lowest BCUT2D eigenvalue weighted by Crippen LogP contribution is -2.53. The highest BCUT2D eigenvalue weighted by Gasteiger charge is 2.42. The highest BCUT2D eigenvalue weighted by Crippen LogP contribution is 2.46. The zero-order chi connectivity index (χ0) is 48.7. The third-order valence-corrected chi connectivity index (χ3v) is 16.9. The Kier molecular flexibility index (Phi) is 13.6. The summed E-state index contributed by atoms with van der Waals surface area (Å²) in [5.41, 5.74) is 4.79. The Labute approximate surface area is 410 Å². The number of anilines is 4. The van der Waals surface area contributed by atoms with E-state index in [1.54, 1.807) is 6.07 Å². The molecule has 372 valence electrons. The number of amides is 1. The van der Waals surface area contributed by atoms with Crippen molar-refractivity contribution in [2.24, 2.45) is 11.8 Å². The predicted octanol–water partition coefficient (Wildman–Crippen LogP) is 9.20. The smallest absolute Gasteiger partial charge is 0.293 e. The Balaban J connectivity index is 0.930. The van der Waals surface area contributed by atoms with E-state index >= 15 is 0 Å². The molecule has 0 bridgehead atoms. The summed E-state index contributed by atoms with van der Waals surface area (Å²) in [5, 5.41) is 26.7. The van der Waals surface area contributed by atoms with E-state index < -0.39 is 43.1 Å². The zero-order valence-corrected chi connectivity index (χ0v) is 41.3. The van der Waals surface area contributed by atoms with Gasteiger partial charge in [-0.2, -0.15) is 4.98 Å². The minimum absolute atomic E-state index is 0.117. The van der Waals surface area contributed by atoms with E-state index in [9.17, 15) is 28.4 Å². The molecule has 3 atom stereocenters. The van der Waals surface area contributed by atoms with Crippen molar-refractivity contribution < 1.29 is 32.7 Å². The van der Waals surface area contributed by atoms with E-state index in [0.717, 1.165) is 69.0 Å². The van der Waals surface area contributed by atoms with Crippen molar-refractivity contribution in [2.45, 2.75) is 120 Å². The molecule has 4 N–H and O–H groups in total. The summed E-state index contributed by atoms with van der Waals surface area (Å²) in [7, 11) is -4.61. The average Bonchev–Trinajstić information content (AvgIpc) is 3.82. The Morgan fingerprint density at radius 3 is 2.54 bits per heavy atom. The molecule has 4 aliphatic heterocycles. The normalized spacial score (nSPS) is 24.5. The van der Waals surface area contributed by atoms with Crippen LogP contribution in [0.3, 0.4) is 0 Å². The van der Waals surface area contributed by atoms with Gasteiger partial charge in [-0.05, 0) is 143 Å². The highest BCUT2D eigenvalue weighted by atomic mass is 32.2. The summed E-state index contributed by atoms with van der Waals surface area (Å²) in [6, 6.07) is 22.2. The molecule has 1 aliphatic carbocycles. The van der Waals surface area contributed by atoms with Gasteiger partial charge in [0, 0.05) is 62.2 Å². The van der Waals surface area contributed by atoms with Crippen molar-refractivity contribution in [2.75, 3.05) is 61.1 Å². The third-order valence-electron chi connectivity index (χ3n) is 15.6. The molecule has 17 heteroatoms. The number of ether oxygens (including phenoxy) is 2. The second kappa shape index (κ2) is 19.8. The van der Waals surface area contributed by atoms with E-state index in [1.807, 2.05) is 37.4 Å². The number of nitro groups is 1. The second-order valence-electron chi connectivity index (χ2n) is 20.8. The molecule has 3 aromatic carbocycles. The molecule has 5 aliphatic rings. The van der Waals surface area contributed by atoms with E-state index in [1.165, 1.54) is 42.5 Å². The number of aliphatic hydroxyl groups is 1. The molecule has 10 rings (SSSR count). The molecular formula is C53H66N8O8S. The summed E-state index contributed by atoms with van der Waals surface area (Å²) < 4.78 is 43.0. The molecule has 1 amide bonds. The van der Waals surface area contributed by atoms with Gasteiger partial charge in [0.1, 0.15) is 23.1 Å². The number of benzene rings is 3. The van der Waals surface area contributed by atoms with Gasteiger partial charge in [0.25, 0.3) is 21.6 Å². The molecule has 6 heterocycles. The Morgan fingerprint density at radius 2 is 1.76 bits per heavy atom. The van der Waals surface area contributed by atoms with E-state index in [0.29, 0.717) is 79.8 Å². The van der Waals surface area contributed by atoms with Crippen molar-refractivity contribution in [3.05, 3.63) is 106 Å². The molecule has 0 unspecified atom stereocenters. The Hall–Kier alpha value is -5.75. The number of likely N-dealkylation sites (tertiary alicyclic amines) is 1. The maximum atomic E-state index is 14.7. The summed E-state index contributed by atoms with van der Waals surface area (Å²) in [4.78, 5) is 41.2. The summed E-state index contributed by atoms with van der Waals surface area (Å²) in [6.07, 6.45) is 10.4. The summed E-state index contributed by atoms with van der Waals surface area (Å²) in [6.45, 7) is 11.4. The second-order valence-corrected chi connectivity index (χ2v) is 22.5. The number of nitrogens with one attached hydrogen (secondary N) is 3. The van der Waals surface area contributed by atoms with Crippen LogP contribution in [0, 0.1) is 22.0 Å². The van der Waals surface area contributed by atoms with Crippen LogP contribution < -0.4 is 24.6 Å². The third kappa shape index (κ3) is 9.94. The SMILES string of the molecule is CC(C)c1ccccc1[C@H]1CCCCN1CC1CCN(c2ccc(C(=O)NS(=O)(=O)c3ccc(NCC4CCC(C)(O)CC4)c([N+](=O)[O-])c3)c(N3c4cc5cc[nH]c5nc4O[C@H]4COCC[C@@H]43)c2)CC1. The Morgan fingerprint density at radius 1 is 0.957 bits per heavy atom. The largest absolute Gasteiger partial charge is 0.468 e. The highest BCUT2D eigenvalue weighted by molar-refractivity contribution is 7.90. The van der Waals surface area contributed by atoms with Gasteiger partial charge in [-0.3, -0.25) is 19.8 Å². The van der Waals surface area contributed by atoms with Crippen LogP contribution in [-0.2, 0) is 14.8 Å². The molecule has 70 heavy (non-hydrogen) atoms. The maximum absolute atomic E-state index is 14.7. The van der Waals surface area contributed by atoms with E-state index in [-0.39, 0.29) is 23.2 Å². The number of sulfonamides is 1. The zero-order valence-electron chi connectivity index (χ0n) is 40.4. The first-order chi connectivity index (χ1) is 33.7. The monoisotopic (exact) mass is 974 g/mol. The van der Waals surface area contributed by atoms with Crippen LogP contribution in [0.15, 0.2) is 83.9 Å². The number of aromatic amines is 1. The fourth-order valence-corrected chi connectivity index (χ4v) is 12.6. The van der Waals surface area contributed by atoms with Crippen LogP contribution in [0.5, 0.6) is 5.88 Å². The number of nitrogens with zero attached hydrogens (tertiary/aromatic N) is 5. The van der Waals surface area contributed by atoms with Crippen molar-refractivity contribution in [3.8, 4) is 5.88 Å². The molecule has 0 radical (unpaired) electrons. The number of nitro benzene ring substituents is 1. The molecule has 2 aromatic heterocycles. The molecule has 0 spiro atoms. The van der Waals surface area contributed by atoms with Crippen molar-refractivity contribution in [3.63, 3.8) is 0 Å². The Bertz CT molecular complexity index is 2830. The minimum atomic E-state index is -4.61. The van der Waals surface area contributed by atoms with Crippen molar-refractivity contribution in [1.82, 2.24) is 19.6 Å². The van der Waals surface area contributed by atoms with Gasteiger partial charge in [-0.1, -0.05) is 44.5 Å². The number of hydrogen-bond donors (Lipinski definition) is 4. The number of pyridine rings is 1. The number of H-pyrrole nitrogens is 1. The van der Waals surface area contributed by atoms with Gasteiger partial charge in [0.05, 0.1) is 39.3 Å². The van der Waals surface area contributed by atoms with Crippen LogP contribution in [0.2, 0.25) is 0 Å². The standard InChI is InChI=1S/C53H66N8O8S/c1-34(2)40-8-4-5-9-41(40)44-10-6-7-24-59(44)32-36-18-25-58(26-19-36)38-11-13-42(46(29-38)60-45-20-27-68-33-49(45)69-52-48(60)28-37-17-23-54-50(37)56-52)51(62)57-70(66,67)39-12-14-43(47(30-39)61(64)65)55-31-35-15-21-53(3,63)22-16-35/h4-5,8-9,11-14,17,23,28-30,34-36,44-45,49,55,63H,6-7,10,15-16,18-22,24-27,31-33H2,1-3H3,(H,54,56)(H,57,62)/t35?,44-,45+,49+,53?/m1/s1. The predicted molar refractivity (Wildman–Crippen MR) is 271 cm³/mol. The van der Waals surface area contributed by atoms with Crippen LogP contribution >= 0.6 is 0 Å². The number of rotatable bonds is 13. The average molecular weight is 975 g/mol. The van der Waals surface area contributed by atoms with Gasteiger partial charge >= 0.3 is 0 Å². The van der Waals surface area contributed by atoms with Crippen LogP contribution in [0.25, 0.3) is 11.0 Å². The molecular weight excluding hydrogens is 909 g/mol. The fraction of sp³-hybridized carbons (Fsp3) is 0.509. The van der Waals surface area contributed by atoms with Gasteiger partial charge in [-0.15, -0.1) is 0 Å². The lowest BCUT2D eigenvalue weighted by atomic mass is 9.80. The first-order valence-electron chi connectivity index (χ1n) is 25.3. The van der Waals surface area contributed by atoms with Crippen LogP contribution in [0.1, 0.15) is 118 Å². The number of hydrogen-bond acceptors (Lipinski definition) is 13. The lowest BCUT2D eigenvalue weighted by Gasteiger charge is -2.45. The lowest BCUT2D eigenvalue weighted by molar-refractivity contribution is -0.384. The molecule has 16 nitrogen and oxygen atoms in total. The van der Waals surface area contributed by atoms with Crippen molar-refractivity contribution in [1.29, 1.82) is 0 Å². The summed E-state index contributed by atoms with van der Waals surface area (Å²) >= 11 is 0. The van der Waals surface area contributed by atoms with Gasteiger partial charge in [0.15, 0.2) is 0 Å². The van der Waals surface area contributed by atoms with E-state index in [2.05, 4.69) is 67.8 Å². The van der Waals surface area contributed by atoms with Crippen molar-refractivity contribution >= 4 is 55.4 Å². The number of fused-ring (bicyclic) bond motifs is 3. The van der Waals surface area contributed by atoms with Crippen LogP contribution in [0.4, 0.5) is 28.4 Å². The van der Waals surface area contributed by atoms with Crippen LogP contribution in [-0.4, -0.2) is 103 Å². The van der Waals surface area contributed by atoms with Gasteiger partial charge < -0.3 is 34.7 Å². The number of aromatic nitrogens is 2. The quantitative estimate of drug-likeness (QED) is 0.0645. The molecule has 5 aromatic rings. The first kappa shape index (κ1) is 47.9. The molecule has 1 saturated carbocycles. The molecule has 4 fully saturated rings. The fourth-order valence-electron chi connectivity index (χ4n) is 11.6. The number of carbonyl (C=O) groups excluding carboxylic acids is 1.